The number of rotatable bonds is 18. The average molecular weight is 867 g/mol. The number of nitro benzene ring substituents is 1. The first kappa shape index (κ1) is 45.0. The van der Waals surface area contributed by atoms with Crippen molar-refractivity contribution in [1.29, 1.82) is 0 Å². The molecule has 2 aromatic heterocycles. The predicted octanol–water partition coefficient (Wildman–Crippen LogP) is 9.47. The van der Waals surface area contributed by atoms with Crippen LogP contribution in [0.4, 0.5) is 57.7 Å². The molecule has 16 heteroatoms. The topological polar surface area (TPSA) is 171 Å². The fourth-order valence-corrected chi connectivity index (χ4v) is 7.21. The van der Waals surface area contributed by atoms with Gasteiger partial charge in [-0.1, -0.05) is 12.1 Å². The number of non-ortho nitro benzene ring substituents is 1. The van der Waals surface area contributed by atoms with E-state index in [4.69, 9.17) is 9.47 Å². The highest BCUT2D eigenvalue weighted by Gasteiger charge is 2.13. The van der Waals surface area contributed by atoms with Crippen LogP contribution >= 0.6 is 0 Å². The van der Waals surface area contributed by atoms with Gasteiger partial charge in [0, 0.05) is 91.3 Å². The molecule has 2 fully saturated rings. The highest BCUT2D eigenvalue weighted by molar-refractivity contribution is 5.67. The van der Waals surface area contributed by atoms with E-state index in [1.54, 1.807) is 18.3 Å². The number of nitrogens with zero attached hydrogens (tertiary/aromatic N) is 8. The van der Waals surface area contributed by atoms with Crippen LogP contribution in [0.25, 0.3) is 0 Å². The molecule has 0 unspecified atom stereocenters. The number of ether oxygens (including phenoxy) is 2. The molecular formula is C48H58N12O4. The number of benzene rings is 4. The molecule has 4 heterocycles. The van der Waals surface area contributed by atoms with E-state index in [1.165, 1.54) is 64.0 Å². The minimum atomic E-state index is -0.426. The van der Waals surface area contributed by atoms with Crippen molar-refractivity contribution >= 4 is 57.7 Å². The highest BCUT2D eigenvalue weighted by atomic mass is 16.6. The SMILES string of the molecule is Cc1cnc(Nc2ccc(OCCN3CCCC3)cc2)nc1Nc1cccc(N(C)C)c1.Cc1cnc(Nc2ccc(OCCN3CCCC3)cc2)nc1Nc1cccc([N+](=O)[O-])c1. The second-order valence-corrected chi connectivity index (χ2v) is 16.0. The number of likely N-dealkylation sites (tertiary alicyclic amines) is 2. The molecular weight excluding hydrogens is 809 g/mol. The summed E-state index contributed by atoms with van der Waals surface area (Å²) in [6, 6.07) is 30.1. The van der Waals surface area contributed by atoms with E-state index in [-0.39, 0.29) is 5.69 Å². The molecule has 0 radical (unpaired) electrons. The Hall–Kier alpha value is -7.04. The summed E-state index contributed by atoms with van der Waals surface area (Å²) < 4.78 is 11.7. The smallest absolute Gasteiger partial charge is 0.271 e. The summed E-state index contributed by atoms with van der Waals surface area (Å²) in [7, 11) is 4.06. The molecule has 16 nitrogen and oxygen atoms in total. The summed E-state index contributed by atoms with van der Waals surface area (Å²) in [5.74, 6) is 4.02. The fourth-order valence-electron chi connectivity index (χ4n) is 7.21. The zero-order chi connectivity index (χ0) is 44.7. The van der Waals surface area contributed by atoms with Crippen molar-refractivity contribution < 1.29 is 14.4 Å². The Morgan fingerprint density at radius 3 is 1.52 bits per heavy atom. The Morgan fingerprint density at radius 2 is 1.06 bits per heavy atom. The van der Waals surface area contributed by atoms with Crippen LogP contribution in [-0.2, 0) is 0 Å². The van der Waals surface area contributed by atoms with Crippen molar-refractivity contribution in [2.24, 2.45) is 0 Å². The van der Waals surface area contributed by atoms with Gasteiger partial charge in [0.2, 0.25) is 11.9 Å². The number of nitro groups is 1. The first-order valence-corrected chi connectivity index (χ1v) is 21.8. The maximum absolute atomic E-state index is 11.0. The molecule has 0 aliphatic carbocycles. The van der Waals surface area contributed by atoms with Gasteiger partial charge in [0.1, 0.15) is 36.3 Å². The normalized spacial score (nSPS) is 13.7. The highest BCUT2D eigenvalue weighted by Crippen LogP contribution is 2.27. The van der Waals surface area contributed by atoms with Crippen LogP contribution in [0, 0.1) is 24.0 Å². The van der Waals surface area contributed by atoms with Crippen LogP contribution in [0.15, 0.2) is 109 Å². The van der Waals surface area contributed by atoms with E-state index in [2.05, 4.69) is 68.0 Å². The molecule has 6 aromatic rings. The van der Waals surface area contributed by atoms with Crippen LogP contribution in [0.1, 0.15) is 36.8 Å². The summed E-state index contributed by atoms with van der Waals surface area (Å²) in [6.45, 7) is 11.9. The first-order chi connectivity index (χ1) is 31.1. The first-order valence-electron chi connectivity index (χ1n) is 21.8. The van der Waals surface area contributed by atoms with Crippen LogP contribution in [0.5, 0.6) is 11.5 Å². The van der Waals surface area contributed by atoms with Crippen molar-refractivity contribution in [2.75, 3.05) is 92.7 Å². The van der Waals surface area contributed by atoms with Crippen molar-refractivity contribution in [3.05, 3.63) is 131 Å². The van der Waals surface area contributed by atoms with E-state index >= 15 is 0 Å². The second kappa shape index (κ2) is 22.4. The zero-order valence-corrected chi connectivity index (χ0v) is 37.1. The average Bonchev–Trinajstić information content (AvgIpc) is 4.03. The molecule has 0 bridgehead atoms. The van der Waals surface area contributed by atoms with Gasteiger partial charge < -0.3 is 35.6 Å². The molecule has 4 N–H and O–H groups in total. The zero-order valence-electron chi connectivity index (χ0n) is 37.1. The van der Waals surface area contributed by atoms with E-state index in [1.807, 2.05) is 94.8 Å². The molecule has 0 saturated carbocycles. The Bertz CT molecular complexity index is 2420. The second-order valence-electron chi connectivity index (χ2n) is 16.0. The predicted molar refractivity (Wildman–Crippen MR) is 256 cm³/mol. The van der Waals surface area contributed by atoms with E-state index in [0.717, 1.165) is 70.9 Å². The molecule has 64 heavy (non-hydrogen) atoms. The van der Waals surface area contributed by atoms with Crippen LogP contribution in [0.3, 0.4) is 0 Å². The third kappa shape index (κ3) is 13.5. The van der Waals surface area contributed by atoms with Crippen LogP contribution in [0.2, 0.25) is 0 Å². The van der Waals surface area contributed by atoms with Gasteiger partial charge >= 0.3 is 0 Å². The third-order valence-corrected chi connectivity index (χ3v) is 10.9. The third-order valence-electron chi connectivity index (χ3n) is 10.9. The van der Waals surface area contributed by atoms with E-state index in [9.17, 15) is 10.1 Å². The molecule has 4 aromatic carbocycles. The minimum Gasteiger partial charge on any atom is -0.492 e. The monoisotopic (exact) mass is 866 g/mol. The van der Waals surface area contributed by atoms with Gasteiger partial charge in [0.25, 0.3) is 5.69 Å². The van der Waals surface area contributed by atoms with E-state index < -0.39 is 4.92 Å². The van der Waals surface area contributed by atoms with Gasteiger partial charge in [-0.25, -0.2) is 9.97 Å². The summed E-state index contributed by atoms with van der Waals surface area (Å²) in [5.41, 5.74) is 6.27. The summed E-state index contributed by atoms with van der Waals surface area (Å²) in [5, 5.41) is 24.0. The summed E-state index contributed by atoms with van der Waals surface area (Å²) >= 11 is 0. The van der Waals surface area contributed by atoms with Gasteiger partial charge in [0.15, 0.2) is 0 Å². The number of hydrogen-bond acceptors (Lipinski definition) is 15. The lowest BCUT2D eigenvalue weighted by Gasteiger charge is -2.16. The molecule has 0 spiro atoms. The van der Waals surface area contributed by atoms with Gasteiger partial charge in [-0.3, -0.25) is 19.9 Å². The van der Waals surface area contributed by atoms with Gasteiger partial charge in [-0.15, -0.1) is 0 Å². The van der Waals surface area contributed by atoms with Crippen molar-refractivity contribution in [3.63, 3.8) is 0 Å². The molecule has 0 amide bonds. The number of nitrogens with one attached hydrogen (secondary N) is 4. The Labute approximate surface area is 375 Å². The Morgan fingerprint density at radius 1 is 0.609 bits per heavy atom. The maximum Gasteiger partial charge on any atom is 0.271 e. The van der Waals surface area contributed by atoms with Gasteiger partial charge in [0.05, 0.1) is 4.92 Å². The fraction of sp³-hybridized carbons (Fsp3) is 0.333. The quantitative estimate of drug-likeness (QED) is 0.0475. The number of aryl methyl sites for hydroxylation is 2. The molecule has 2 saturated heterocycles. The van der Waals surface area contributed by atoms with Crippen molar-refractivity contribution in [3.8, 4) is 11.5 Å². The van der Waals surface area contributed by atoms with Gasteiger partial charge in [-0.05, 0) is 139 Å². The lowest BCUT2D eigenvalue weighted by atomic mass is 10.2. The number of hydrogen-bond donors (Lipinski definition) is 4. The Balaban J connectivity index is 0.000000191. The molecule has 0 atom stereocenters. The summed E-state index contributed by atoms with van der Waals surface area (Å²) in [4.78, 5) is 35.5. The number of anilines is 9. The van der Waals surface area contributed by atoms with E-state index in [0.29, 0.717) is 30.0 Å². The number of aromatic nitrogens is 4. The van der Waals surface area contributed by atoms with Crippen LogP contribution in [-0.4, -0.2) is 101 Å². The van der Waals surface area contributed by atoms with Crippen molar-refractivity contribution in [1.82, 2.24) is 29.7 Å². The van der Waals surface area contributed by atoms with Gasteiger partial charge in [-0.2, -0.15) is 9.97 Å². The lowest BCUT2D eigenvalue weighted by molar-refractivity contribution is -0.384. The summed E-state index contributed by atoms with van der Waals surface area (Å²) in [6.07, 6.45) is 8.70. The Kier molecular flexibility index (Phi) is 15.7. The standard InChI is InChI=1S/C25H32N6O.C23H26N6O3/c1-19-18-26-25(29-24(19)27-21-7-6-8-22(17-21)30(2)3)28-20-9-11-23(12-10-20)32-16-15-31-13-4-5-14-31;1-17-16-24-23(27-22(17)25-19-5-4-6-20(15-19)29(30)31)26-18-7-9-21(10-8-18)32-14-13-28-11-2-3-12-28/h6-12,17-18H,4-5,13-16H2,1-3H3,(H2,26,27,28,29);4-10,15-16H,2-3,11-14H2,1H3,(H2,24,25,26,27). The van der Waals surface area contributed by atoms with Crippen molar-refractivity contribution in [2.45, 2.75) is 39.5 Å². The maximum atomic E-state index is 11.0. The molecule has 2 aliphatic rings. The largest absolute Gasteiger partial charge is 0.492 e. The molecule has 8 rings (SSSR count). The molecule has 2 aliphatic heterocycles. The molecule has 334 valence electrons. The minimum absolute atomic E-state index is 0.0165. The van der Waals surface area contributed by atoms with Crippen LogP contribution < -0.4 is 35.6 Å². The lowest BCUT2D eigenvalue weighted by Crippen LogP contribution is -2.25.